The molecule has 6 nitrogen and oxygen atoms in total. The zero-order chi connectivity index (χ0) is 15.2. The molecule has 0 fully saturated rings. The van der Waals surface area contributed by atoms with E-state index in [0.717, 1.165) is 23.4 Å². The van der Waals surface area contributed by atoms with Gasteiger partial charge in [-0.25, -0.2) is 9.78 Å². The first kappa shape index (κ1) is 15.3. The summed E-state index contributed by atoms with van der Waals surface area (Å²) in [7, 11) is 3.38. The van der Waals surface area contributed by atoms with E-state index in [1.54, 1.807) is 19.1 Å². The van der Waals surface area contributed by atoms with Gasteiger partial charge >= 0.3 is 6.03 Å². The second-order valence-electron chi connectivity index (χ2n) is 4.84. The van der Waals surface area contributed by atoms with Crippen LogP contribution in [0.2, 0.25) is 0 Å². The second kappa shape index (κ2) is 7.08. The highest BCUT2D eigenvalue weighted by Crippen LogP contribution is 2.16. The number of nitrogens with zero attached hydrogens (tertiary/aromatic N) is 3. The first-order valence-electron chi connectivity index (χ1n) is 7.09. The Bertz CT molecular complexity index is 609. The second-order valence-corrected chi connectivity index (χ2v) is 4.84. The molecule has 0 atom stereocenters. The van der Waals surface area contributed by atoms with Gasteiger partial charge in [-0.15, -0.1) is 0 Å². The Morgan fingerprint density at radius 3 is 2.90 bits per heavy atom. The molecule has 0 aliphatic rings. The number of amides is 2. The van der Waals surface area contributed by atoms with Crippen LogP contribution in [-0.4, -0.2) is 47.8 Å². The number of methoxy groups -OCH3 is 1. The minimum atomic E-state index is -0.123. The van der Waals surface area contributed by atoms with Crippen molar-refractivity contribution in [1.82, 2.24) is 19.8 Å². The molecule has 0 unspecified atom stereocenters. The Hall–Kier alpha value is -2.08. The highest BCUT2D eigenvalue weighted by Gasteiger charge is 2.14. The number of carbonyl (C=O) groups is 1. The van der Waals surface area contributed by atoms with E-state index in [4.69, 9.17) is 4.74 Å². The molecule has 1 heterocycles. The summed E-state index contributed by atoms with van der Waals surface area (Å²) in [6.45, 7) is 4.39. The Balaban J connectivity index is 2.10. The minimum Gasteiger partial charge on any atom is -0.383 e. The predicted octanol–water partition coefficient (Wildman–Crippen LogP) is 1.84. The number of nitrogens with one attached hydrogen (secondary N) is 1. The first-order valence-corrected chi connectivity index (χ1v) is 7.09. The standard InChI is InChI=1S/C15H22N4O2/c1-4-19-13-8-6-5-7-12(13)17-14(19)11-18(2)15(20)16-9-10-21-3/h5-8H,4,9-11H2,1-3H3,(H,16,20). The molecule has 21 heavy (non-hydrogen) atoms. The molecule has 6 heteroatoms. The van der Waals surface area contributed by atoms with E-state index in [2.05, 4.69) is 21.8 Å². The number of imidazole rings is 1. The third-order valence-electron chi connectivity index (χ3n) is 3.36. The minimum absolute atomic E-state index is 0.123. The molecule has 114 valence electrons. The van der Waals surface area contributed by atoms with Crippen LogP contribution >= 0.6 is 0 Å². The summed E-state index contributed by atoms with van der Waals surface area (Å²) in [5.41, 5.74) is 2.06. The van der Waals surface area contributed by atoms with Gasteiger partial charge in [0.25, 0.3) is 0 Å². The molecule has 0 bridgehead atoms. The lowest BCUT2D eigenvalue weighted by Gasteiger charge is -2.18. The summed E-state index contributed by atoms with van der Waals surface area (Å²) < 4.78 is 7.05. The van der Waals surface area contributed by atoms with Gasteiger partial charge in [-0.1, -0.05) is 12.1 Å². The van der Waals surface area contributed by atoms with Crippen molar-refractivity contribution in [3.63, 3.8) is 0 Å². The quantitative estimate of drug-likeness (QED) is 0.826. The van der Waals surface area contributed by atoms with Crippen LogP contribution < -0.4 is 5.32 Å². The summed E-state index contributed by atoms with van der Waals surface area (Å²) in [6, 6.07) is 7.89. The first-order chi connectivity index (χ1) is 10.2. The molecule has 0 saturated heterocycles. The van der Waals surface area contributed by atoms with E-state index in [0.29, 0.717) is 19.7 Å². The van der Waals surface area contributed by atoms with Crippen molar-refractivity contribution >= 4 is 17.1 Å². The van der Waals surface area contributed by atoms with E-state index in [1.807, 2.05) is 24.3 Å². The van der Waals surface area contributed by atoms with Gasteiger partial charge in [0.15, 0.2) is 0 Å². The Morgan fingerprint density at radius 2 is 2.19 bits per heavy atom. The van der Waals surface area contributed by atoms with Crippen molar-refractivity contribution in [1.29, 1.82) is 0 Å². The third kappa shape index (κ3) is 3.52. The number of urea groups is 1. The van der Waals surface area contributed by atoms with E-state index in [-0.39, 0.29) is 6.03 Å². The van der Waals surface area contributed by atoms with Crippen LogP contribution in [-0.2, 0) is 17.8 Å². The van der Waals surface area contributed by atoms with Gasteiger partial charge in [0.1, 0.15) is 5.82 Å². The third-order valence-corrected chi connectivity index (χ3v) is 3.36. The maximum atomic E-state index is 12.0. The van der Waals surface area contributed by atoms with Crippen molar-refractivity contribution in [3.05, 3.63) is 30.1 Å². The summed E-state index contributed by atoms with van der Waals surface area (Å²) in [6.07, 6.45) is 0. The zero-order valence-electron chi connectivity index (χ0n) is 12.8. The number of para-hydroxylation sites is 2. The fourth-order valence-electron chi connectivity index (χ4n) is 2.28. The van der Waals surface area contributed by atoms with Crippen molar-refractivity contribution < 1.29 is 9.53 Å². The number of carbonyl (C=O) groups excluding carboxylic acids is 1. The van der Waals surface area contributed by atoms with Crippen LogP contribution in [0.1, 0.15) is 12.7 Å². The number of hydrogen-bond acceptors (Lipinski definition) is 3. The van der Waals surface area contributed by atoms with Crippen molar-refractivity contribution in [2.75, 3.05) is 27.3 Å². The van der Waals surface area contributed by atoms with Gasteiger partial charge in [0, 0.05) is 27.2 Å². The summed E-state index contributed by atoms with van der Waals surface area (Å²) >= 11 is 0. The maximum absolute atomic E-state index is 12.0. The molecule has 2 rings (SSSR count). The molecule has 0 aliphatic heterocycles. The lowest BCUT2D eigenvalue weighted by Crippen LogP contribution is -2.38. The molecule has 1 N–H and O–H groups in total. The average molecular weight is 290 g/mol. The van der Waals surface area contributed by atoms with Crippen molar-refractivity contribution in [3.8, 4) is 0 Å². The van der Waals surface area contributed by atoms with Crippen LogP contribution in [0.4, 0.5) is 4.79 Å². The van der Waals surface area contributed by atoms with Gasteiger partial charge < -0.3 is 19.5 Å². The number of rotatable bonds is 6. The Labute approximate surface area is 124 Å². The van der Waals surface area contributed by atoms with Gasteiger partial charge in [0.2, 0.25) is 0 Å². The number of aromatic nitrogens is 2. The van der Waals surface area contributed by atoms with Crippen LogP contribution in [0, 0.1) is 0 Å². The molecule has 0 radical (unpaired) electrons. The van der Waals surface area contributed by atoms with E-state index in [1.165, 1.54) is 0 Å². The average Bonchev–Trinajstić information content (AvgIpc) is 2.84. The van der Waals surface area contributed by atoms with Gasteiger partial charge in [-0.05, 0) is 19.1 Å². The SMILES string of the molecule is CCn1c(CN(C)C(=O)NCCOC)nc2ccccc21. The van der Waals surface area contributed by atoms with Gasteiger partial charge in [0.05, 0.1) is 24.2 Å². The van der Waals surface area contributed by atoms with Crippen LogP contribution in [0.3, 0.4) is 0 Å². The Kier molecular flexibility index (Phi) is 5.16. The summed E-state index contributed by atoms with van der Waals surface area (Å²) in [4.78, 5) is 18.2. The highest BCUT2D eigenvalue weighted by atomic mass is 16.5. The number of ether oxygens (including phenoxy) is 1. The smallest absolute Gasteiger partial charge is 0.317 e. The monoisotopic (exact) mass is 290 g/mol. The Morgan fingerprint density at radius 1 is 1.43 bits per heavy atom. The normalized spacial score (nSPS) is 10.8. The molecule has 0 saturated carbocycles. The molecule has 1 aromatic carbocycles. The molecule has 1 aromatic heterocycles. The van der Waals surface area contributed by atoms with Crippen molar-refractivity contribution in [2.45, 2.75) is 20.0 Å². The number of hydrogen-bond donors (Lipinski definition) is 1. The van der Waals surface area contributed by atoms with Gasteiger partial charge in [-0.2, -0.15) is 0 Å². The molecular formula is C15H22N4O2. The lowest BCUT2D eigenvalue weighted by atomic mass is 10.3. The lowest BCUT2D eigenvalue weighted by molar-refractivity contribution is 0.183. The summed E-state index contributed by atoms with van der Waals surface area (Å²) in [5, 5.41) is 2.80. The number of fused-ring (bicyclic) bond motifs is 1. The maximum Gasteiger partial charge on any atom is 0.317 e. The van der Waals surface area contributed by atoms with E-state index in [9.17, 15) is 4.79 Å². The van der Waals surface area contributed by atoms with Crippen LogP contribution in [0.5, 0.6) is 0 Å². The highest BCUT2D eigenvalue weighted by molar-refractivity contribution is 5.76. The summed E-state index contributed by atoms with van der Waals surface area (Å²) in [5.74, 6) is 0.892. The van der Waals surface area contributed by atoms with E-state index < -0.39 is 0 Å². The molecule has 0 aliphatic carbocycles. The topological polar surface area (TPSA) is 59.4 Å². The van der Waals surface area contributed by atoms with Gasteiger partial charge in [-0.3, -0.25) is 0 Å². The fraction of sp³-hybridized carbons (Fsp3) is 0.467. The van der Waals surface area contributed by atoms with Crippen molar-refractivity contribution in [2.24, 2.45) is 0 Å². The largest absolute Gasteiger partial charge is 0.383 e. The number of benzene rings is 1. The molecule has 2 aromatic rings. The molecular weight excluding hydrogens is 268 g/mol. The molecule has 2 amide bonds. The predicted molar refractivity (Wildman–Crippen MR) is 82.1 cm³/mol. The van der Waals surface area contributed by atoms with Crippen LogP contribution in [0.15, 0.2) is 24.3 Å². The number of aryl methyl sites for hydroxylation is 1. The van der Waals surface area contributed by atoms with E-state index >= 15 is 0 Å². The zero-order valence-corrected chi connectivity index (χ0v) is 12.8. The fourth-order valence-corrected chi connectivity index (χ4v) is 2.28. The van der Waals surface area contributed by atoms with Crippen LogP contribution in [0.25, 0.3) is 11.0 Å². The molecule has 0 spiro atoms.